The van der Waals surface area contributed by atoms with Crippen LogP contribution in [0.4, 0.5) is 4.39 Å². The first kappa shape index (κ1) is 16.2. The van der Waals surface area contributed by atoms with Gasteiger partial charge in [-0.25, -0.2) is 4.39 Å². The van der Waals surface area contributed by atoms with Gasteiger partial charge in [-0.15, -0.1) is 0 Å². The van der Waals surface area contributed by atoms with Crippen molar-refractivity contribution in [2.75, 3.05) is 0 Å². The van der Waals surface area contributed by atoms with Crippen LogP contribution in [-0.4, -0.2) is 0 Å². The number of hydrogen-bond donors (Lipinski definition) is 0. The van der Waals surface area contributed by atoms with Crippen LogP contribution in [0.25, 0.3) is 0 Å². The number of alkyl halides is 1. The minimum Gasteiger partial charge on any atom is -0.206 e. The Morgan fingerprint density at radius 2 is 1.89 bits per heavy atom. The third-order valence-electron chi connectivity index (χ3n) is 2.88. The largest absolute Gasteiger partial charge is 0.206 e. The van der Waals surface area contributed by atoms with Crippen molar-refractivity contribution in [3.8, 4) is 0 Å². The highest BCUT2D eigenvalue weighted by molar-refractivity contribution is 9.10. The summed E-state index contributed by atoms with van der Waals surface area (Å²) in [5, 5.41) is 0. The molecule has 0 amide bonds. The van der Waals surface area contributed by atoms with Gasteiger partial charge in [0, 0.05) is 4.83 Å². The van der Waals surface area contributed by atoms with Crippen molar-refractivity contribution in [1.82, 2.24) is 0 Å². The summed E-state index contributed by atoms with van der Waals surface area (Å²) in [7, 11) is 0. The Kier molecular flexibility index (Phi) is 5.85. The summed E-state index contributed by atoms with van der Waals surface area (Å²) in [4.78, 5) is 0.284. The van der Waals surface area contributed by atoms with E-state index in [0.29, 0.717) is 15.8 Å². The Morgan fingerprint density at radius 1 is 1.28 bits per heavy atom. The standard InChI is InChI=1S/C15H21Br2F/c1-10(9-15(2,3)4)7-12(16)11-5-6-14(18)13(17)8-11/h5-6,8,10,12H,7,9H2,1-4H3. The molecule has 3 heteroatoms. The van der Waals surface area contributed by atoms with Crippen LogP contribution in [0, 0.1) is 17.2 Å². The zero-order chi connectivity index (χ0) is 13.9. The van der Waals surface area contributed by atoms with E-state index in [0.717, 1.165) is 12.0 Å². The molecule has 0 bridgehead atoms. The van der Waals surface area contributed by atoms with Crippen molar-refractivity contribution < 1.29 is 4.39 Å². The molecule has 2 unspecified atom stereocenters. The molecule has 0 heterocycles. The van der Waals surface area contributed by atoms with Gasteiger partial charge < -0.3 is 0 Å². The van der Waals surface area contributed by atoms with Gasteiger partial charge in [0.15, 0.2) is 0 Å². The molecule has 1 aromatic rings. The highest BCUT2D eigenvalue weighted by atomic mass is 79.9. The molecule has 0 N–H and O–H groups in total. The van der Waals surface area contributed by atoms with E-state index in [-0.39, 0.29) is 10.6 Å². The van der Waals surface area contributed by atoms with E-state index in [2.05, 4.69) is 59.6 Å². The van der Waals surface area contributed by atoms with Crippen LogP contribution in [0.5, 0.6) is 0 Å². The highest BCUT2D eigenvalue weighted by Gasteiger charge is 2.19. The maximum Gasteiger partial charge on any atom is 0.137 e. The van der Waals surface area contributed by atoms with Gasteiger partial charge in [-0.3, -0.25) is 0 Å². The lowest BCUT2D eigenvalue weighted by atomic mass is 9.83. The molecular formula is C15H21Br2F. The molecule has 0 aliphatic rings. The maximum absolute atomic E-state index is 13.2. The quantitative estimate of drug-likeness (QED) is 0.524. The number of hydrogen-bond acceptors (Lipinski definition) is 0. The number of benzene rings is 1. The third kappa shape index (κ3) is 5.40. The minimum absolute atomic E-state index is 0.207. The molecule has 18 heavy (non-hydrogen) atoms. The first-order valence-electron chi connectivity index (χ1n) is 6.28. The van der Waals surface area contributed by atoms with Crippen LogP contribution in [0.2, 0.25) is 0 Å². The van der Waals surface area contributed by atoms with Crippen LogP contribution in [0.3, 0.4) is 0 Å². The predicted octanol–water partition coefficient (Wildman–Crippen LogP) is 6.49. The molecule has 0 saturated carbocycles. The average molecular weight is 380 g/mol. The summed E-state index contributed by atoms with van der Waals surface area (Å²) in [6.45, 7) is 9.07. The number of rotatable bonds is 4. The SMILES string of the molecule is CC(CC(Br)c1ccc(F)c(Br)c1)CC(C)(C)C. The second-order valence-corrected chi connectivity index (χ2v) is 8.21. The Bertz CT molecular complexity index is 396. The smallest absolute Gasteiger partial charge is 0.137 e. The molecule has 1 rings (SSSR count). The molecular weight excluding hydrogens is 359 g/mol. The van der Waals surface area contributed by atoms with Crippen LogP contribution < -0.4 is 0 Å². The second kappa shape index (κ2) is 6.51. The Morgan fingerprint density at radius 3 is 2.39 bits per heavy atom. The molecule has 0 spiro atoms. The normalized spacial score (nSPS) is 15.5. The lowest BCUT2D eigenvalue weighted by molar-refractivity contribution is 0.296. The number of halogens is 3. The van der Waals surface area contributed by atoms with Crippen molar-refractivity contribution in [3.63, 3.8) is 0 Å². The minimum atomic E-state index is -0.207. The fraction of sp³-hybridized carbons (Fsp3) is 0.600. The lowest BCUT2D eigenvalue weighted by Crippen LogP contribution is -2.12. The van der Waals surface area contributed by atoms with E-state index in [1.54, 1.807) is 0 Å². The van der Waals surface area contributed by atoms with E-state index in [9.17, 15) is 4.39 Å². The molecule has 0 aliphatic heterocycles. The zero-order valence-corrected chi connectivity index (χ0v) is 14.6. The van der Waals surface area contributed by atoms with Crippen LogP contribution in [0.1, 0.15) is 50.9 Å². The van der Waals surface area contributed by atoms with Crippen molar-refractivity contribution in [2.24, 2.45) is 11.3 Å². The fourth-order valence-corrected chi connectivity index (χ4v) is 3.64. The molecule has 102 valence electrons. The van der Waals surface area contributed by atoms with Gasteiger partial charge in [-0.1, -0.05) is 49.7 Å². The van der Waals surface area contributed by atoms with Gasteiger partial charge in [-0.05, 0) is 57.8 Å². The first-order valence-corrected chi connectivity index (χ1v) is 7.99. The lowest BCUT2D eigenvalue weighted by Gasteiger charge is -2.25. The van der Waals surface area contributed by atoms with Crippen LogP contribution in [-0.2, 0) is 0 Å². The Balaban J connectivity index is 2.64. The molecule has 0 aromatic heterocycles. The topological polar surface area (TPSA) is 0 Å². The van der Waals surface area contributed by atoms with Crippen molar-refractivity contribution in [2.45, 2.75) is 45.4 Å². The third-order valence-corrected chi connectivity index (χ3v) is 4.39. The molecule has 1 aromatic carbocycles. The van der Waals surface area contributed by atoms with E-state index in [4.69, 9.17) is 0 Å². The van der Waals surface area contributed by atoms with E-state index < -0.39 is 0 Å². The van der Waals surface area contributed by atoms with Gasteiger partial charge in [0.2, 0.25) is 0 Å². The van der Waals surface area contributed by atoms with Crippen molar-refractivity contribution >= 4 is 31.9 Å². The maximum atomic E-state index is 13.2. The summed E-state index contributed by atoms with van der Waals surface area (Å²) < 4.78 is 13.7. The molecule has 0 aliphatic carbocycles. The second-order valence-electron chi connectivity index (χ2n) is 6.25. The predicted molar refractivity (Wildman–Crippen MR) is 83.6 cm³/mol. The molecule has 2 atom stereocenters. The summed E-state index contributed by atoms with van der Waals surface area (Å²) in [6, 6.07) is 5.23. The van der Waals surface area contributed by atoms with E-state index in [1.807, 2.05) is 12.1 Å². The molecule has 0 fully saturated rings. The van der Waals surface area contributed by atoms with Gasteiger partial charge in [-0.2, -0.15) is 0 Å². The molecule has 0 saturated heterocycles. The van der Waals surface area contributed by atoms with Gasteiger partial charge in [0.1, 0.15) is 5.82 Å². The fourth-order valence-electron chi connectivity index (χ4n) is 2.33. The van der Waals surface area contributed by atoms with Crippen molar-refractivity contribution in [1.29, 1.82) is 0 Å². The van der Waals surface area contributed by atoms with E-state index in [1.165, 1.54) is 12.5 Å². The average Bonchev–Trinajstić information content (AvgIpc) is 2.18. The Hall–Kier alpha value is 0.110. The van der Waals surface area contributed by atoms with Gasteiger partial charge >= 0.3 is 0 Å². The van der Waals surface area contributed by atoms with Crippen LogP contribution >= 0.6 is 31.9 Å². The van der Waals surface area contributed by atoms with Crippen molar-refractivity contribution in [3.05, 3.63) is 34.1 Å². The monoisotopic (exact) mass is 378 g/mol. The van der Waals surface area contributed by atoms with Gasteiger partial charge in [0.05, 0.1) is 4.47 Å². The van der Waals surface area contributed by atoms with E-state index >= 15 is 0 Å². The highest BCUT2D eigenvalue weighted by Crippen LogP contribution is 2.35. The Labute approximate surface area is 127 Å². The van der Waals surface area contributed by atoms with Crippen LogP contribution in [0.15, 0.2) is 22.7 Å². The summed E-state index contributed by atoms with van der Waals surface area (Å²) >= 11 is 6.94. The first-order chi connectivity index (χ1) is 8.19. The summed E-state index contributed by atoms with van der Waals surface area (Å²) in [5.74, 6) is 0.430. The zero-order valence-electron chi connectivity index (χ0n) is 11.4. The molecule has 0 nitrogen and oxygen atoms in total. The summed E-state index contributed by atoms with van der Waals surface area (Å²) in [5.41, 5.74) is 1.49. The molecule has 0 radical (unpaired) electrons. The van der Waals surface area contributed by atoms with Gasteiger partial charge in [0.25, 0.3) is 0 Å². The summed E-state index contributed by atoms with van der Waals surface area (Å²) in [6.07, 6.45) is 2.26.